The van der Waals surface area contributed by atoms with Crippen molar-refractivity contribution in [1.29, 1.82) is 0 Å². The van der Waals surface area contributed by atoms with Crippen LogP contribution in [-0.2, 0) is 21.7 Å². The maximum absolute atomic E-state index is 10.3. The second-order valence-electron chi connectivity index (χ2n) is 6.04. The monoisotopic (exact) mass is 384 g/mol. The summed E-state index contributed by atoms with van der Waals surface area (Å²) >= 11 is 0. The van der Waals surface area contributed by atoms with Crippen molar-refractivity contribution in [2.45, 2.75) is 25.7 Å². The number of allylic oxidation sites excluding steroid dienone is 4. The minimum atomic E-state index is 0. The molecule has 0 bridgehead atoms. The smallest absolute Gasteiger partial charge is 1.00 e. The zero-order valence-corrected chi connectivity index (χ0v) is 16.1. The van der Waals surface area contributed by atoms with Crippen LogP contribution in [0.2, 0.25) is 0 Å². The van der Waals surface area contributed by atoms with Crippen molar-refractivity contribution in [1.82, 2.24) is 0 Å². The van der Waals surface area contributed by atoms with Gasteiger partial charge in [0.05, 0.1) is 0 Å². The molecule has 0 N–H and O–H groups in total. The number of benzene rings is 1. The summed E-state index contributed by atoms with van der Waals surface area (Å²) in [6, 6.07) is 8.33. The van der Waals surface area contributed by atoms with Gasteiger partial charge in [-0.1, -0.05) is 80.2 Å². The van der Waals surface area contributed by atoms with Crippen LogP contribution < -0.4 is 29.9 Å². The summed E-state index contributed by atoms with van der Waals surface area (Å²) in [7, 11) is 0. The van der Waals surface area contributed by atoms with Crippen LogP contribution in [0.15, 0.2) is 54.6 Å². The van der Waals surface area contributed by atoms with Crippen LogP contribution in [0.5, 0.6) is 5.75 Å². The van der Waals surface area contributed by atoms with Crippen molar-refractivity contribution in [2.24, 2.45) is 23.7 Å². The number of halogens is 2. The number of rotatable bonds is 0. The Morgan fingerprint density at radius 3 is 2.22 bits per heavy atom. The van der Waals surface area contributed by atoms with E-state index in [1.165, 1.54) is 37.8 Å². The van der Waals surface area contributed by atoms with Gasteiger partial charge in [0.1, 0.15) is 0 Å². The first-order valence-corrected chi connectivity index (χ1v) is 7.76. The third-order valence-electron chi connectivity index (χ3n) is 4.80. The number of fused-ring (bicyclic) bond motifs is 3. The maximum Gasteiger partial charge on any atom is 4.00 e. The first-order valence-electron chi connectivity index (χ1n) is 7.76. The summed E-state index contributed by atoms with van der Waals surface area (Å²) in [6.45, 7) is 0. The predicted octanol–water partition coefficient (Wildman–Crippen LogP) is -1.87. The summed E-state index contributed by atoms with van der Waals surface area (Å²) in [4.78, 5) is 0. The van der Waals surface area contributed by atoms with Gasteiger partial charge >= 0.3 is 21.7 Å². The Morgan fingerprint density at radius 2 is 1.57 bits per heavy atom. The van der Waals surface area contributed by atoms with Gasteiger partial charge in [-0.15, -0.1) is 17.7 Å². The first-order chi connectivity index (χ1) is 9.84. The predicted molar refractivity (Wildman–Crippen MR) is 80.9 cm³/mol. The Hall–Kier alpha value is -0.206. The van der Waals surface area contributed by atoms with E-state index in [9.17, 15) is 5.11 Å². The Balaban J connectivity index is 0.000000426. The molecule has 4 rings (SSSR count). The molecule has 1 aromatic rings. The molecule has 1 aromatic carbocycles. The van der Waals surface area contributed by atoms with Gasteiger partial charge in [0.15, 0.2) is 0 Å². The third-order valence-corrected chi connectivity index (χ3v) is 4.80. The van der Waals surface area contributed by atoms with Crippen LogP contribution in [0, 0.1) is 30.1 Å². The average molecular weight is 385 g/mol. The van der Waals surface area contributed by atoms with Crippen LogP contribution in [0.25, 0.3) is 0 Å². The minimum Gasteiger partial charge on any atom is -1.00 e. The van der Waals surface area contributed by atoms with E-state index in [1.54, 1.807) is 12.1 Å². The van der Waals surface area contributed by atoms with Crippen LogP contribution in [0.3, 0.4) is 0 Å². The molecule has 0 aliphatic heterocycles. The van der Waals surface area contributed by atoms with E-state index in [-0.39, 0.29) is 52.3 Å². The Bertz CT molecular complexity index is 489. The van der Waals surface area contributed by atoms with Crippen LogP contribution in [0.4, 0.5) is 0 Å². The molecule has 0 spiro atoms. The van der Waals surface area contributed by atoms with E-state index >= 15 is 0 Å². The molecule has 122 valence electrons. The minimum absolute atomic E-state index is 0. The SMILES string of the molecule is C1=CC2[CH-]C3CCCCC3C2C=C1.[Cl-].[Cl-].[O-]c1ccccc1.[Ti+4]. The normalized spacial score (nSPS) is 29.4. The van der Waals surface area contributed by atoms with Gasteiger partial charge in [-0.2, -0.15) is 5.92 Å². The van der Waals surface area contributed by atoms with Gasteiger partial charge in [-0.25, -0.2) is 0 Å². The molecule has 1 nitrogen and oxygen atoms in total. The second kappa shape index (κ2) is 11.4. The number of hydrogen-bond acceptors (Lipinski definition) is 1. The molecule has 0 amide bonds. The largest absolute Gasteiger partial charge is 4.00 e. The van der Waals surface area contributed by atoms with E-state index in [0.29, 0.717) is 0 Å². The Labute approximate surface area is 167 Å². The van der Waals surface area contributed by atoms with Crippen molar-refractivity contribution in [3.63, 3.8) is 0 Å². The Morgan fingerprint density at radius 1 is 0.913 bits per heavy atom. The summed E-state index contributed by atoms with van der Waals surface area (Å²) in [6.07, 6.45) is 17.8. The molecule has 0 saturated heterocycles. The summed E-state index contributed by atoms with van der Waals surface area (Å²) in [5, 5.41) is 10.3. The molecule has 0 aromatic heterocycles. The van der Waals surface area contributed by atoms with Gasteiger partial charge in [-0.3, -0.25) is 0 Å². The van der Waals surface area contributed by atoms with E-state index in [4.69, 9.17) is 0 Å². The molecule has 3 aliphatic carbocycles. The maximum atomic E-state index is 10.3. The zero-order valence-electron chi connectivity index (χ0n) is 13.1. The van der Waals surface area contributed by atoms with Gasteiger partial charge in [0, 0.05) is 0 Å². The van der Waals surface area contributed by atoms with Gasteiger partial charge in [0.25, 0.3) is 0 Å². The quantitative estimate of drug-likeness (QED) is 0.380. The first kappa shape index (κ1) is 22.8. The number of para-hydroxylation sites is 1. The third kappa shape index (κ3) is 5.98. The number of hydrogen-bond donors (Lipinski definition) is 0. The van der Waals surface area contributed by atoms with Crippen molar-refractivity contribution in [2.75, 3.05) is 0 Å². The molecular weight excluding hydrogens is 363 g/mol. The standard InChI is InChI=1S/C13H17.C6H6O.2ClH.Ti/c1-3-7-12-10(5-1)9-11-6-2-4-8-13(11)12;7-6-4-2-1-3-5-6;;;/h1,3,5,7,9-13H,2,4,6,8H2;1-5,7H;2*1H;/q-1;;;;+4/p-3. The van der Waals surface area contributed by atoms with Gasteiger partial charge in [0.2, 0.25) is 0 Å². The Kier molecular flexibility index (Phi) is 11.3. The fourth-order valence-corrected chi connectivity index (χ4v) is 3.87. The molecule has 2 saturated carbocycles. The fraction of sp³-hybridized carbons (Fsp3) is 0.421. The zero-order chi connectivity index (χ0) is 13.8. The van der Waals surface area contributed by atoms with Crippen molar-refractivity contribution < 1.29 is 51.6 Å². The van der Waals surface area contributed by atoms with E-state index in [1.807, 2.05) is 6.07 Å². The molecule has 0 heterocycles. The summed E-state index contributed by atoms with van der Waals surface area (Å²) in [5.74, 6) is 3.63. The van der Waals surface area contributed by atoms with Gasteiger partial charge < -0.3 is 36.3 Å². The van der Waals surface area contributed by atoms with E-state index in [0.717, 1.165) is 23.7 Å². The molecule has 0 radical (unpaired) electrons. The summed E-state index contributed by atoms with van der Waals surface area (Å²) < 4.78 is 0. The van der Waals surface area contributed by atoms with Crippen molar-refractivity contribution >= 4 is 0 Å². The van der Waals surface area contributed by atoms with Crippen molar-refractivity contribution in [3.05, 3.63) is 61.1 Å². The molecule has 4 unspecified atom stereocenters. The molecule has 23 heavy (non-hydrogen) atoms. The van der Waals surface area contributed by atoms with Crippen LogP contribution in [0.1, 0.15) is 25.7 Å². The van der Waals surface area contributed by atoms with Crippen LogP contribution in [-0.4, -0.2) is 0 Å². The van der Waals surface area contributed by atoms with E-state index < -0.39 is 0 Å². The van der Waals surface area contributed by atoms with E-state index in [2.05, 4.69) is 30.7 Å². The van der Waals surface area contributed by atoms with Crippen molar-refractivity contribution in [3.8, 4) is 5.75 Å². The second-order valence-corrected chi connectivity index (χ2v) is 6.04. The molecule has 3 aliphatic rings. The fourth-order valence-electron chi connectivity index (χ4n) is 3.87. The van der Waals surface area contributed by atoms with Gasteiger partial charge in [-0.05, 0) is 5.92 Å². The molecule has 2 fully saturated rings. The van der Waals surface area contributed by atoms with Crippen LogP contribution >= 0.6 is 0 Å². The molecule has 4 heteroatoms. The molecule has 4 atom stereocenters. The summed E-state index contributed by atoms with van der Waals surface area (Å²) in [5.41, 5.74) is 0. The average Bonchev–Trinajstić information content (AvgIpc) is 2.87. The topological polar surface area (TPSA) is 23.1 Å². The molecular formula is C19H22Cl2OTi.